The maximum Gasteiger partial charge on any atom is 0.0235 e. The van der Waals surface area contributed by atoms with E-state index in [9.17, 15) is 0 Å². The normalized spacial score (nSPS) is 32.1. The fourth-order valence-corrected chi connectivity index (χ4v) is 3.93. The third-order valence-corrected chi connectivity index (χ3v) is 5.26. The van der Waals surface area contributed by atoms with Crippen molar-refractivity contribution in [1.29, 1.82) is 0 Å². The number of nitrogens with zero attached hydrogens (tertiary/aromatic N) is 1. The molecule has 124 valence electrons. The Morgan fingerprint density at radius 1 is 1.33 bits per heavy atom. The number of likely N-dealkylation sites (tertiary alicyclic amines) is 1. The summed E-state index contributed by atoms with van der Waals surface area (Å²) >= 11 is 0. The molecule has 0 amide bonds. The van der Waals surface area contributed by atoms with Crippen LogP contribution in [0.3, 0.4) is 0 Å². The van der Waals surface area contributed by atoms with E-state index in [2.05, 4.69) is 43.2 Å². The first-order valence-corrected chi connectivity index (χ1v) is 8.82. The van der Waals surface area contributed by atoms with Gasteiger partial charge in [-0.15, -0.1) is 0 Å². The molecule has 0 saturated carbocycles. The van der Waals surface area contributed by atoms with Crippen molar-refractivity contribution in [1.82, 2.24) is 15.5 Å². The van der Waals surface area contributed by atoms with Gasteiger partial charge in [0.25, 0.3) is 0 Å². The van der Waals surface area contributed by atoms with Gasteiger partial charge in [-0.25, -0.2) is 0 Å². The second kappa shape index (κ2) is 7.40. The first kappa shape index (κ1) is 17.2. The number of nitrogens with one attached hydrogen (secondary N) is 2. The van der Waals surface area contributed by atoms with E-state index in [0.717, 1.165) is 37.4 Å². The Kier molecular flexibility index (Phi) is 6.06. The van der Waals surface area contributed by atoms with Gasteiger partial charge >= 0.3 is 0 Å². The van der Waals surface area contributed by atoms with E-state index in [1.54, 1.807) is 0 Å². The Hall–Kier alpha value is -0.160. The van der Waals surface area contributed by atoms with Crippen molar-refractivity contribution in [3.63, 3.8) is 0 Å². The zero-order valence-corrected chi connectivity index (χ0v) is 14.5. The quantitative estimate of drug-likeness (QED) is 0.649. The number of hydrogen-bond acceptors (Lipinski definition) is 4. The minimum absolute atomic E-state index is 0.311. The number of hydrogen-bond donors (Lipinski definition) is 3. The topological polar surface area (TPSA) is 53.3 Å². The monoisotopic (exact) mass is 296 g/mol. The predicted molar refractivity (Wildman–Crippen MR) is 90.5 cm³/mol. The van der Waals surface area contributed by atoms with Gasteiger partial charge in [0.2, 0.25) is 0 Å². The van der Waals surface area contributed by atoms with Crippen molar-refractivity contribution in [2.75, 3.05) is 32.7 Å². The predicted octanol–water partition coefficient (Wildman–Crippen LogP) is 1.41. The standard InChI is InChI=1S/C17H36N4/c1-13(19-7-5-6-18)8-14-9-15-11-21(17(2,3)4)12-16(15)20-10-14/h13-16,19-20H,5-12,18H2,1-4H3. The summed E-state index contributed by atoms with van der Waals surface area (Å²) in [5, 5.41) is 7.42. The molecule has 4 heteroatoms. The van der Waals surface area contributed by atoms with Crippen LogP contribution in [-0.2, 0) is 0 Å². The molecule has 2 aliphatic rings. The van der Waals surface area contributed by atoms with E-state index in [-0.39, 0.29) is 0 Å². The molecule has 0 aromatic carbocycles. The van der Waals surface area contributed by atoms with Gasteiger partial charge in [-0.1, -0.05) is 0 Å². The molecule has 0 bridgehead atoms. The van der Waals surface area contributed by atoms with E-state index in [1.165, 1.54) is 32.5 Å². The van der Waals surface area contributed by atoms with E-state index in [4.69, 9.17) is 5.73 Å². The first-order chi connectivity index (χ1) is 9.90. The zero-order valence-electron chi connectivity index (χ0n) is 14.5. The molecule has 2 aliphatic heterocycles. The summed E-state index contributed by atoms with van der Waals surface area (Å²) in [6, 6.07) is 1.33. The summed E-state index contributed by atoms with van der Waals surface area (Å²) in [5.41, 5.74) is 5.86. The highest BCUT2D eigenvalue weighted by Crippen LogP contribution is 2.33. The molecule has 0 aromatic heterocycles. The molecule has 4 unspecified atom stereocenters. The molecular weight excluding hydrogens is 260 g/mol. The van der Waals surface area contributed by atoms with E-state index >= 15 is 0 Å². The highest BCUT2D eigenvalue weighted by atomic mass is 15.2. The molecule has 0 radical (unpaired) electrons. The Morgan fingerprint density at radius 2 is 2.10 bits per heavy atom. The lowest BCUT2D eigenvalue weighted by Gasteiger charge is -2.33. The van der Waals surface area contributed by atoms with Crippen molar-refractivity contribution in [2.45, 2.75) is 64.6 Å². The maximum atomic E-state index is 5.55. The van der Waals surface area contributed by atoms with Gasteiger partial charge in [0, 0.05) is 30.7 Å². The molecule has 4 atom stereocenters. The minimum atomic E-state index is 0.311. The molecule has 0 spiro atoms. The van der Waals surface area contributed by atoms with Crippen LogP contribution < -0.4 is 16.4 Å². The minimum Gasteiger partial charge on any atom is -0.330 e. The van der Waals surface area contributed by atoms with Gasteiger partial charge in [0.15, 0.2) is 0 Å². The van der Waals surface area contributed by atoms with Crippen LogP contribution in [0.15, 0.2) is 0 Å². The second-order valence-electron chi connectivity index (χ2n) is 8.19. The van der Waals surface area contributed by atoms with Crippen LogP contribution in [0, 0.1) is 11.8 Å². The molecular formula is C17H36N4. The van der Waals surface area contributed by atoms with Gasteiger partial charge in [0.05, 0.1) is 0 Å². The van der Waals surface area contributed by atoms with E-state index < -0.39 is 0 Å². The van der Waals surface area contributed by atoms with Gasteiger partial charge < -0.3 is 16.4 Å². The molecule has 4 N–H and O–H groups in total. The van der Waals surface area contributed by atoms with Gasteiger partial charge in [-0.3, -0.25) is 4.90 Å². The smallest absolute Gasteiger partial charge is 0.0235 e. The molecule has 0 aromatic rings. The fourth-order valence-electron chi connectivity index (χ4n) is 3.93. The summed E-state index contributed by atoms with van der Waals surface area (Å²) in [4.78, 5) is 2.65. The van der Waals surface area contributed by atoms with Gasteiger partial charge in [0.1, 0.15) is 0 Å². The molecule has 2 fully saturated rings. The summed E-state index contributed by atoms with van der Waals surface area (Å²) in [5.74, 6) is 1.67. The summed E-state index contributed by atoms with van der Waals surface area (Å²) in [6.45, 7) is 14.9. The van der Waals surface area contributed by atoms with Crippen molar-refractivity contribution < 1.29 is 0 Å². The van der Waals surface area contributed by atoms with E-state index in [0.29, 0.717) is 11.6 Å². The summed E-state index contributed by atoms with van der Waals surface area (Å²) in [6.07, 6.45) is 3.77. The average Bonchev–Trinajstić information content (AvgIpc) is 2.82. The van der Waals surface area contributed by atoms with Crippen LogP contribution in [0.4, 0.5) is 0 Å². The Bertz CT molecular complexity index is 312. The molecule has 2 rings (SSSR count). The molecule has 0 aliphatic carbocycles. The largest absolute Gasteiger partial charge is 0.330 e. The van der Waals surface area contributed by atoms with E-state index in [1.807, 2.05) is 0 Å². The van der Waals surface area contributed by atoms with Crippen molar-refractivity contribution in [2.24, 2.45) is 17.6 Å². The number of fused-ring (bicyclic) bond motifs is 1. The molecule has 2 heterocycles. The number of rotatable bonds is 6. The van der Waals surface area contributed by atoms with Crippen molar-refractivity contribution >= 4 is 0 Å². The number of piperidine rings is 1. The summed E-state index contributed by atoms with van der Waals surface area (Å²) in [7, 11) is 0. The van der Waals surface area contributed by atoms with Gasteiger partial charge in [-0.2, -0.15) is 0 Å². The second-order valence-corrected chi connectivity index (χ2v) is 8.19. The summed E-state index contributed by atoms with van der Waals surface area (Å²) < 4.78 is 0. The third-order valence-electron chi connectivity index (χ3n) is 5.26. The fraction of sp³-hybridized carbons (Fsp3) is 1.00. The van der Waals surface area contributed by atoms with Crippen molar-refractivity contribution in [3.05, 3.63) is 0 Å². The Balaban J connectivity index is 1.75. The lowest BCUT2D eigenvalue weighted by molar-refractivity contribution is 0.165. The Labute approximate surface area is 131 Å². The molecule has 21 heavy (non-hydrogen) atoms. The maximum absolute atomic E-state index is 5.55. The first-order valence-electron chi connectivity index (χ1n) is 8.82. The van der Waals surface area contributed by atoms with Crippen LogP contribution in [0.5, 0.6) is 0 Å². The Morgan fingerprint density at radius 3 is 2.76 bits per heavy atom. The third kappa shape index (κ3) is 4.92. The highest BCUT2D eigenvalue weighted by molar-refractivity contribution is 4.97. The van der Waals surface area contributed by atoms with Crippen LogP contribution in [0.2, 0.25) is 0 Å². The lowest BCUT2D eigenvalue weighted by Crippen LogP contribution is -2.47. The average molecular weight is 297 g/mol. The SMILES string of the molecule is CC(CC1CNC2CN(C(C)(C)C)CC2C1)NCCCN. The number of nitrogens with two attached hydrogens (primary N) is 1. The van der Waals surface area contributed by atoms with Gasteiger partial charge in [-0.05, 0) is 78.4 Å². The molecule has 2 saturated heterocycles. The lowest BCUT2D eigenvalue weighted by atomic mass is 9.83. The van der Waals surface area contributed by atoms with Crippen LogP contribution in [-0.4, -0.2) is 55.2 Å². The van der Waals surface area contributed by atoms with Crippen LogP contribution >= 0.6 is 0 Å². The van der Waals surface area contributed by atoms with Crippen molar-refractivity contribution in [3.8, 4) is 0 Å². The zero-order chi connectivity index (χ0) is 15.5. The van der Waals surface area contributed by atoms with Crippen LogP contribution in [0.25, 0.3) is 0 Å². The highest BCUT2D eigenvalue weighted by Gasteiger charge is 2.40. The van der Waals surface area contributed by atoms with Crippen LogP contribution in [0.1, 0.15) is 47.0 Å². The molecule has 4 nitrogen and oxygen atoms in total.